The second-order valence-corrected chi connectivity index (χ2v) is 7.11. The molecule has 1 atom stereocenters. The normalized spacial score (nSPS) is 12.3. The Labute approximate surface area is 173 Å². The number of rotatable bonds is 6. The monoisotopic (exact) mass is 409 g/mol. The minimum atomic E-state index is -0.517. The third kappa shape index (κ3) is 3.43. The number of aliphatic hydroxyl groups excluding tert-OH is 1. The van der Waals surface area contributed by atoms with E-state index in [2.05, 4.69) is 10.1 Å². The molecule has 2 N–H and O–H groups in total. The molecular weight excluding hydrogens is 386 g/mol. The number of ether oxygens (including phenoxy) is 2. The average Bonchev–Trinajstić information content (AvgIpc) is 3.31. The van der Waals surface area contributed by atoms with Gasteiger partial charge in [0, 0.05) is 24.2 Å². The van der Waals surface area contributed by atoms with Gasteiger partial charge >= 0.3 is 0 Å². The van der Waals surface area contributed by atoms with Gasteiger partial charge in [-0.25, -0.2) is 9.97 Å². The first kappa shape index (κ1) is 19.7. The third-order valence-electron chi connectivity index (χ3n) is 4.82. The lowest BCUT2D eigenvalue weighted by Gasteiger charge is -2.09. The molecule has 0 amide bonds. The van der Waals surface area contributed by atoms with E-state index in [4.69, 9.17) is 14.5 Å². The molecule has 30 heavy (non-hydrogen) atoms. The van der Waals surface area contributed by atoms with Crippen molar-refractivity contribution in [3.8, 4) is 34.5 Å². The summed E-state index contributed by atoms with van der Waals surface area (Å²) >= 11 is 0. The quantitative estimate of drug-likeness (QED) is 0.504. The molecule has 0 bridgehead atoms. The van der Waals surface area contributed by atoms with Crippen molar-refractivity contribution in [1.29, 1.82) is 0 Å². The summed E-state index contributed by atoms with van der Waals surface area (Å²) in [5, 5.41) is 25.3. The highest BCUT2D eigenvalue weighted by molar-refractivity contribution is 5.90. The van der Waals surface area contributed by atoms with Gasteiger partial charge in [-0.15, -0.1) is 0 Å². The van der Waals surface area contributed by atoms with Crippen LogP contribution in [0.2, 0.25) is 0 Å². The Hall–Kier alpha value is -3.59. The maximum Gasteiger partial charge on any atom is 0.256 e. The van der Waals surface area contributed by atoms with Crippen molar-refractivity contribution in [3.05, 3.63) is 42.5 Å². The highest BCUT2D eigenvalue weighted by Crippen LogP contribution is 2.35. The number of aliphatic hydroxyl groups is 1. The molecule has 4 heterocycles. The van der Waals surface area contributed by atoms with Crippen LogP contribution in [-0.4, -0.2) is 54.9 Å². The van der Waals surface area contributed by atoms with Crippen LogP contribution in [0.15, 0.2) is 36.9 Å². The van der Waals surface area contributed by atoms with Gasteiger partial charge < -0.3 is 19.7 Å². The molecule has 156 valence electrons. The van der Waals surface area contributed by atoms with Crippen LogP contribution in [0.1, 0.15) is 12.5 Å². The van der Waals surface area contributed by atoms with Crippen LogP contribution >= 0.6 is 0 Å². The molecule has 0 saturated heterocycles. The molecule has 0 aliphatic rings. The molecule has 0 aromatic carbocycles. The van der Waals surface area contributed by atoms with Gasteiger partial charge in [-0.3, -0.25) is 9.25 Å². The number of aromatic nitrogens is 5. The Bertz CT molecular complexity index is 1210. The zero-order valence-electron chi connectivity index (χ0n) is 17.2. The van der Waals surface area contributed by atoms with Gasteiger partial charge in [0.25, 0.3) is 5.88 Å². The Balaban J connectivity index is 1.79. The zero-order chi connectivity index (χ0) is 21.4. The van der Waals surface area contributed by atoms with Gasteiger partial charge in [0.2, 0.25) is 5.88 Å². The number of nitrogens with zero attached hydrogens (tertiary/aromatic N) is 5. The molecule has 0 unspecified atom stereocenters. The number of fused-ring (bicyclic) bond motifs is 1. The number of aromatic hydroxyl groups is 1. The summed E-state index contributed by atoms with van der Waals surface area (Å²) in [4.78, 5) is 8.99. The van der Waals surface area contributed by atoms with Gasteiger partial charge in [-0.2, -0.15) is 5.10 Å². The predicted molar refractivity (Wildman–Crippen MR) is 111 cm³/mol. The van der Waals surface area contributed by atoms with Crippen molar-refractivity contribution in [3.63, 3.8) is 0 Å². The van der Waals surface area contributed by atoms with Crippen molar-refractivity contribution in [1.82, 2.24) is 24.3 Å². The van der Waals surface area contributed by atoms with E-state index in [0.29, 0.717) is 40.5 Å². The lowest BCUT2D eigenvalue weighted by molar-refractivity contribution is 0.168. The van der Waals surface area contributed by atoms with E-state index in [0.717, 1.165) is 11.1 Å². The van der Waals surface area contributed by atoms with E-state index in [1.165, 1.54) is 7.11 Å². The van der Waals surface area contributed by atoms with Crippen molar-refractivity contribution >= 4 is 10.9 Å². The Morgan fingerprint density at radius 3 is 2.63 bits per heavy atom. The van der Waals surface area contributed by atoms with Gasteiger partial charge in [-0.05, 0) is 31.5 Å². The molecule has 0 spiro atoms. The van der Waals surface area contributed by atoms with E-state index >= 15 is 0 Å². The Morgan fingerprint density at radius 2 is 1.93 bits per heavy atom. The first-order chi connectivity index (χ1) is 14.4. The van der Waals surface area contributed by atoms with E-state index in [1.54, 1.807) is 48.1 Å². The smallest absolute Gasteiger partial charge is 0.256 e. The van der Waals surface area contributed by atoms with Crippen molar-refractivity contribution < 1.29 is 19.7 Å². The van der Waals surface area contributed by atoms with E-state index in [1.807, 2.05) is 19.1 Å². The predicted octanol–water partition coefficient (Wildman–Crippen LogP) is 2.70. The van der Waals surface area contributed by atoms with E-state index < -0.39 is 6.10 Å². The zero-order valence-corrected chi connectivity index (χ0v) is 17.2. The minimum Gasteiger partial charge on any atom is -0.494 e. The van der Waals surface area contributed by atoms with Crippen LogP contribution in [0.25, 0.3) is 27.8 Å². The van der Waals surface area contributed by atoms with Crippen molar-refractivity contribution in [2.75, 3.05) is 14.2 Å². The average molecular weight is 409 g/mol. The van der Waals surface area contributed by atoms with Crippen LogP contribution in [0.4, 0.5) is 0 Å². The molecule has 0 aliphatic heterocycles. The molecule has 9 nitrogen and oxygen atoms in total. The summed E-state index contributed by atoms with van der Waals surface area (Å²) in [6.45, 7) is 3.98. The van der Waals surface area contributed by atoms with Crippen LogP contribution < -0.4 is 9.47 Å². The highest BCUT2D eigenvalue weighted by atomic mass is 16.5. The number of aryl methyl sites for hydroxylation is 1. The maximum atomic E-state index is 10.8. The summed E-state index contributed by atoms with van der Waals surface area (Å²) in [5.74, 6) is 1.00. The van der Waals surface area contributed by atoms with Crippen LogP contribution in [0.5, 0.6) is 17.5 Å². The molecule has 0 aliphatic carbocycles. The topological polar surface area (TPSA) is 107 Å². The number of methoxy groups -OCH3 is 2. The first-order valence-corrected chi connectivity index (χ1v) is 9.42. The second kappa shape index (κ2) is 7.68. The third-order valence-corrected chi connectivity index (χ3v) is 4.82. The first-order valence-electron chi connectivity index (χ1n) is 9.42. The summed E-state index contributed by atoms with van der Waals surface area (Å²) in [6, 6.07) is 3.71. The highest BCUT2D eigenvalue weighted by Gasteiger charge is 2.17. The van der Waals surface area contributed by atoms with Crippen LogP contribution in [-0.2, 0) is 6.54 Å². The molecule has 4 aromatic heterocycles. The summed E-state index contributed by atoms with van der Waals surface area (Å²) < 4.78 is 13.8. The largest absolute Gasteiger partial charge is 0.494 e. The number of hydrogen-bond acceptors (Lipinski definition) is 7. The van der Waals surface area contributed by atoms with Crippen molar-refractivity contribution in [2.24, 2.45) is 0 Å². The maximum absolute atomic E-state index is 10.8. The Kier molecular flexibility index (Phi) is 5.04. The van der Waals surface area contributed by atoms with Gasteiger partial charge in [0.05, 0.1) is 55.3 Å². The van der Waals surface area contributed by atoms with Crippen molar-refractivity contribution in [2.45, 2.75) is 26.5 Å². The molecular formula is C21H23N5O4. The molecule has 9 heteroatoms. The van der Waals surface area contributed by atoms with Gasteiger partial charge in [-0.1, -0.05) is 0 Å². The molecule has 4 aromatic rings. The number of hydrogen-bond donors (Lipinski definition) is 2. The fourth-order valence-electron chi connectivity index (χ4n) is 3.45. The second-order valence-electron chi connectivity index (χ2n) is 7.11. The van der Waals surface area contributed by atoms with Crippen LogP contribution in [0.3, 0.4) is 0 Å². The van der Waals surface area contributed by atoms with Gasteiger partial charge in [0.1, 0.15) is 0 Å². The molecule has 0 radical (unpaired) electrons. The van der Waals surface area contributed by atoms with E-state index in [-0.39, 0.29) is 5.88 Å². The lowest BCUT2D eigenvalue weighted by Crippen LogP contribution is -2.11. The SMILES string of the molecule is COc1cc(-c2cc(C)c3c(O)n(-c4cnn(C[C@H](C)O)c4)cc3n2)cnc1OC. The minimum absolute atomic E-state index is 0.0867. The summed E-state index contributed by atoms with van der Waals surface area (Å²) in [5.41, 5.74) is 3.67. The standard InChI is InChI=1S/C21H23N5O4/c1-12-5-16(14-6-18(29-3)20(30-4)22-7-14)24-17-11-26(21(28)19(12)17)15-8-23-25(10-15)9-13(2)27/h5-8,10-11,13,27-28H,9H2,1-4H3/t13-/m0/s1. The lowest BCUT2D eigenvalue weighted by atomic mass is 10.1. The summed E-state index contributed by atoms with van der Waals surface area (Å²) in [7, 11) is 3.09. The fraction of sp³-hybridized carbons (Fsp3) is 0.286. The van der Waals surface area contributed by atoms with E-state index in [9.17, 15) is 10.2 Å². The molecule has 0 fully saturated rings. The molecule has 4 rings (SSSR count). The Morgan fingerprint density at radius 1 is 1.13 bits per heavy atom. The fourth-order valence-corrected chi connectivity index (χ4v) is 3.45. The number of pyridine rings is 2. The van der Waals surface area contributed by atoms with Crippen LogP contribution in [0, 0.1) is 6.92 Å². The van der Waals surface area contributed by atoms with Gasteiger partial charge in [0.15, 0.2) is 5.75 Å². The summed E-state index contributed by atoms with van der Waals surface area (Å²) in [6.07, 6.45) is 6.32. The molecule has 0 saturated carbocycles.